The van der Waals surface area contributed by atoms with Gasteiger partial charge in [-0.15, -0.1) is 0 Å². The molecule has 0 radical (unpaired) electrons. The number of primary amides is 2. The number of aromatic nitrogens is 3. The third-order valence-corrected chi connectivity index (χ3v) is 17.6. The Morgan fingerprint density at radius 2 is 1.40 bits per heavy atom. The van der Waals surface area contributed by atoms with Gasteiger partial charge in [-0.25, -0.2) is 4.98 Å². The number of amides is 9. The number of H-pyrrole nitrogens is 2. The monoisotopic (exact) mass is 1270 g/mol. The van der Waals surface area contributed by atoms with E-state index >= 15 is 0 Å². The summed E-state index contributed by atoms with van der Waals surface area (Å²) in [5, 5.41) is 19.6. The van der Waals surface area contributed by atoms with E-state index in [4.69, 9.17) is 11.5 Å². The smallest absolute Gasteiger partial charge is 0.244 e. The van der Waals surface area contributed by atoms with Crippen LogP contribution in [0.5, 0.6) is 0 Å². The van der Waals surface area contributed by atoms with Gasteiger partial charge in [0.05, 0.1) is 48.4 Å². The van der Waals surface area contributed by atoms with Crippen molar-refractivity contribution in [2.75, 3.05) is 43.1 Å². The summed E-state index contributed by atoms with van der Waals surface area (Å²) in [6, 6.07) is 2.96. The van der Waals surface area contributed by atoms with Gasteiger partial charge < -0.3 is 58.7 Å². The molecular weight excluding hydrogens is 1180 g/mol. The minimum absolute atomic E-state index is 0.0155. The molecule has 1 saturated heterocycles. The molecule has 28 heteroatoms. The van der Waals surface area contributed by atoms with Crippen LogP contribution in [0.25, 0.3) is 10.9 Å². The molecule has 8 atom stereocenters. The van der Waals surface area contributed by atoms with Crippen LogP contribution in [0.1, 0.15) is 117 Å². The van der Waals surface area contributed by atoms with Crippen molar-refractivity contribution >= 4 is 121 Å². The summed E-state index contributed by atoms with van der Waals surface area (Å²) >= 11 is 1.51. The number of aromatic amines is 2. The Bertz CT molecular complexity index is 2870. The second-order valence-corrected chi connectivity index (χ2v) is 26.1. The number of carbonyl (C=O) groups excluding carboxylic acids is 13. The van der Waals surface area contributed by atoms with Gasteiger partial charge in [-0.1, -0.05) is 67.5 Å². The molecule has 3 heterocycles. The molecule has 2 aromatic heterocycles. The van der Waals surface area contributed by atoms with Gasteiger partial charge in [0, 0.05) is 105 Å². The molecule has 0 bridgehead atoms. The van der Waals surface area contributed by atoms with E-state index in [1.54, 1.807) is 20.0 Å². The van der Waals surface area contributed by atoms with Gasteiger partial charge in [0.25, 0.3) is 0 Å². The van der Waals surface area contributed by atoms with Gasteiger partial charge >= 0.3 is 0 Å². The molecule has 4 rings (SSSR count). The Morgan fingerprint density at radius 3 is 2.07 bits per heavy atom. The van der Waals surface area contributed by atoms with Crippen molar-refractivity contribution in [2.24, 2.45) is 47.0 Å². The predicted molar refractivity (Wildman–Crippen MR) is 333 cm³/mol. The number of ketones is 4. The highest BCUT2D eigenvalue weighted by molar-refractivity contribution is 8.77. The first-order valence-corrected chi connectivity index (χ1v) is 33.2. The van der Waals surface area contributed by atoms with Crippen molar-refractivity contribution in [1.82, 2.24) is 52.2 Å². The number of para-hydroxylation sites is 1. The largest absolute Gasteiger partial charge is 0.370 e. The molecule has 1 unspecified atom stereocenters. The molecule has 3 aromatic rings. The second-order valence-electron chi connectivity index (χ2n) is 22.7. The van der Waals surface area contributed by atoms with Crippen molar-refractivity contribution in [1.29, 1.82) is 0 Å². The average Bonchev–Trinajstić information content (AvgIpc) is 2.57. The van der Waals surface area contributed by atoms with E-state index in [9.17, 15) is 62.3 Å². The molecule has 478 valence electrons. The first-order valence-electron chi connectivity index (χ1n) is 29.3. The lowest BCUT2D eigenvalue weighted by Crippen LogP contribution is -2.53. The zero-order valence-corrected chi connectivity index (χ0v) is 52.8. The summed E-state index contributed by atoms with van der Waals surface area (Å²) in [5.41, 5.74) is 13.1. The van der Waals surface area contributed by atoms with Gasteiger partial charge in [0.2, 0.25) is 53.2 Å². The molecule has 0 spiro atoms. The third kappa shape index (κ3) is 26.0. The maximum atomic E-state index is 14.4. The maximum absolute atomic E-state index is 14.4. The van der Waals surface area contributed by atoms with Crippen molar-refractivity contribution < 1.29 is 62.3 Å². The number of Topliss-reactive ketones (excluding diaryl/α,β-unsaturated/α-hetero) is 4. The highest BCUT2D eigenvalue weighted by atomic mass is 33.1. The van der Waals surface area contributed by atoms with Gasteiger partial charge in [-0.2, -0.15) is 11.8 Å². The maximum Gasteiger partial charge on any atom is 0.244 e. The number of nitrogens with zero attached hydrogens (tertiary/aromatic N) is 1. The number of nitrogens with two attached hydrogens (primary N) is 2. The highest BCUT2D eigenvalue weighted by Gasteiger charge is 2.35. The van der Waals surface area contributed by atoms with E-state index in [0.717, 1.165) is 10.9 Å². The molecule has 87 heavy (non-hydrogen) atoms. The number of benzene rings is 1. The standard InChI is InChI=1S/C59H86N12O13S3/c1-33(2)19-46(50(75)23-36(55(61)80)16-18-85-6)71-57(82)38(21-40-27-62-32-67-40)22-41(72)28-66-58(83)43(34(3)4)25-48(73)35(5)68-56(81)37(20-39-26-64-44-12-8-7-11-42(39)44)24-49(74)45(14-15-51(60)76)69-52(77)13-9-10-17-63-59(84)47-29-65-53(78)30-86-87-31-54(79)70-47/h7-8,11-12,26-27,32-38,43,45-47,64H,9-10,13-25,28-31H2,1-6H3,(H2,60,76)(H2,61,80)(H,62,67)(H,63,84)(H,65,78)(H,66,83)(H,68,81)(H,69,77)(H,70,79)(H,71,82)/t35-,36+,37+,38+,43-,45-,46-,47?/m0/s1. The predicted octanol–water partition coefficient (Wildman–Crippen LogP) is 2.06. The number of hydrogen-bond acceptors (Lipinski definition) is 17. The Balaban J connectivity index is 1.40. The number of nitrogens with one attached hydrogen (secondary N) is 9. The van der Waals surface area contributed by atoms with Crippen LogP contribution in [0.2, 0.25) is 0 Å². The fraction of sp³-hybridized carbons (Fsp3) is 0.593. The van der Waals surface area contributed by atoms with Gasteiger partial charge in [-0.3, -0.25) is 62.3 Å². The highest BCUT2D eigenvalue weighted by Crippen LogP contribution is 2.25. The molecular formula is C59H86N12O13S3. The van der Waals surface area contributed by atoms with Crippen molar-refractivity contribution in [2.45, 2.75) is 142 Å². The van der Waals surface area contributed by atoms with E-state index in [0.29, 0.717) is 29.9 Å². The van der Waals surface area contributed by atoms with Gasteiger partial charge in [0.1, 0.15) is 6.04 Å². The van der Waals surface area contributed by atoms with Crippen LogP contribution < -0.4 is 48.7 Å². The Morgan fingerprint density at radius 1 is 0.724 bits per heavy atom. The minimum Gasteiger partial charge on any atom is -0.370 e. The van der Waals surface area contributed by atoms with Crippen LogP contribution in [0.15, 0.2) is 43.0 Å². The van der Waals surface area contributed by atoms with Gasteiger partial charge in [0.15, 0.2) is 23.1 Å². The Labute approximate surface area is 519 Å². The first-order chi connectivity index (χ1) is 41.3. The molecule has 1 aromatic carbocycles. The molecule has 9 amide bonds. The normalized spacial score (nSPS) is 16.2. The minimum atomic E-state index is -1.23. The number of thioether (sulfide) groups is 1. The van der Waals surface area contributed by atoms with Crippen molar-refractivity contribution in [3.05, 3.63) is 54.2 Å². The lowest BCUT2D eigenvalue weighted by molar-refractivity contribution is -0.135. The molecule has 1 fully saturated rings. The van der Waals surface area contributed by atoms with E-state index < -0.39 is 125 Å². The summed E-state index contributed by atoms with van der Waals surface area (Å²) in [6.45, 7) is 8.21. The topological polar surface area (TPSA) is 403 Å². The average molecular weight is 1270 g/mol. The van der Waals surface area contributed by atoms with Crippen LogP contribution in [0.4, 0.5) is 0 Å². The summed E-state index contributed by atoms with van der Waals surface area (Å²) < 4.78 is 0. The SMILES string of the molecule is CSCC[C@H](CC(=O)[C@H](CC(C)C)NC(=O)[C@@H](CC(=O)CNC(=O)[C@@H](CC(=O)[C@H](C)NC(=O)[C@@H](CC(=O)[C@H](CCC(N)=O)NC(=O)CCCCNC(=O)C1CNC(=O)CSSCC(=O)N1)Cc1c[nH]c2ccccc12)C(C)C)Cc1cnc[nH]1)C(N)=O. The van der Waals surface area contributed by atoms with Crippen LogP contribution in [-0.2, 0) is 75.2 Å². The van der Waals surface area contributed by atoms with Crippen molar-refractivity contribution in [3.8, 4) is 0 Å². The second kappa shape index (κ2) is 37.6. The lowest BCUT2D eigenvalue weighted by Gasteiger charge is -2.25. The fourth-order valence-corrected chi connectivity index (χ4v) is 12.0. The number of hydrogen-bond donors (Lipinski definition) is 11. The summed E-state index contributed by atoms with van der Waals surface area (Å²) in [7, 11) is 2.43. The zero-order chi connectivity index (χ0) is 64.2. The van der Waals surface area contributed by atoms with Gasteiger partial charge in [-0.05, 0) is 80.9 Å². The number of imidazole rings is 1. The number of unbranched alkanes of at least 4 members (excludes halogenated alkanes) is 1. The van der Waals surface area contributed by atoms with Crippen LogP contribution in [-0.4, -0.2) is 159 Å². The molecule has 0 saturated carbocycles. The number of fused-ring (bicyclic) bond motifs is 1. The third-order valence-electron chi connectivity index (χ3n) is 14.8. The summed E-state index contributed by atoms with van der Waals surface area (Å²) in [4.78, 5) is 183. The quantitative estimate of drug-likeness (QED) is 0.0288. The number of rotatable bonds is 39. The van der Waals surface area contributed by atoms with Crippen LogP contribution in [0, 0.1) is 35.5 Å². The molecule has 1 aliphatic heterocycles. The van der Waals surface area contributed by atoms with Crippen LogP contribution in [0.3, 0.4) is 0 Å². The first kappa shape index (κ1) is 72.4. The molecule has 1 aliphatic rings. The van der Waals surface area contributed by atoms with E-state index in [2.05, 4.69) is 52.2 Å². The van der Waals surface area contributed by atoms with Crippen molar-refractivity contribution in [3.63, 3.8) is 0 Å². The molecule has 0 aliphatic carbocycles. The Hall–Kier alpha value is -7.07. The van der Waals surface area contributed by atoms with E-state index in [1.165, 1.54) is 52.8 Å². The molecule has 25 nitrogen and oxygen atoms in total. The summed E-state index contributed by atoms with van der Waals surface area (Å²) in [6.07, 6.45) is 6.05. The van der Waals surface area contributed by atoms with E-state index in [1.807, 2.05) is 44.4 Å². The number of carbonyl (C=O) groups is 13. The van der Waals surface area contributed by atoms with E-state index in [-0.39, 0.29) is 112 Å². The summed E-state index contributed by atoms with van der Waals surface area (Å²) in [5.74, 6) is -10.3. The van der Waals surface area contributed by atoms with Crippen LogP contribution >= 0.6 is 33.3 Å². The molecule has 13 N–H and O–H groups in total. The fourth-order valence-electron chi connectivity index (χ4n) is 9.76. The lowest BCUT2D eigenvalue weighted by atomic mass is 9.87. The zero-order valence-electron chi connectivity index (χ0n) is 50.4. The Kier molecular flexibility index (Phi) is 31.3.